The Hall–Kier alpha value is -0.120. The van der Waals surface area contributed by atoms with Crippen LogP contribution in [-0.2, 0) is 4.74 Å². The molecule has 3 heteroatoms. The van der Waals surface area contributed by atoms with Crippen molar-refractivity contribution in [1.82, 2.24) is 5.32 Å². The Morgan fingerprint density at radius 3 is 2.64 bits per heavy atom. The second kappa shape index (κ2) is 6.38. The molecule has 0 unspecified atom stereocenters. The molecule has 3 nitrogen and oxygen atoms in total. The Morgan fingerprint density at radius 1 is 1.29 bits per heavy atom. The van der Waals surface area contributed by atoms with Crippen molar-refractivity contribution in [2.24, 2.45) is 0 Å². The highest BCUT2D eigenvalue weighted by atomic mass is 16.5. The molecule has 0 bridgehead atoms. The van der Waals surface area contributed by atoms with Crippen molar-refractivity contribution >= 4 is 0 Å². The topological polar surface area (TPSA) is 41.5 Å². The molecule has 0 aromatic heterocycles. The third kappa shape index (κ3) is 4.40. The fraction of sp³-hybridized carbons (Fsp3) is 1.00. The molecular weight excluding hydrogens is 178 g/mol. The van der Waals surface area contributed by atoms with E-state index in [0.717, 1.165) is 38.8 Å². The van der Waals surface area contributed by atoms with E-state index in [9.17, 15) is 5.11 Å². The second-order valence-electron chi connectivity index (χ2n) is 4.19. The summed E-state index contributed by atoms with van der Waals surface area (Å²) in [5, 5.41) is 13.3. The van der Waals surface area contributed by atoms with Crippen LogP contribution in [-0.4, -0.2) is 37.0 Å². The molecule has 0 spiro atoms. The predicted octanol–water partition coefficient (Wildman–Crippen LogP) is 1.31. The Balaban J connectivity index is 2.03. The van der Waals surface area contributed by atoms with Gasteiger partial charge in [-0.3, -0.25) is 0 Å². The zero-order valence-corrected chi connectivity index (χ0v) is 9.22. The summed E-state index contributed by atoms with van der Waals surface area (Å²) in [5.74, 6) is 0. The van der Waals surface area contributed by atoms with Gasteiger partial charge >= 0.3 is 0 Å². The van der Waals surface area contributed by atoms with Gasteiger partial charge in [-0.25, -0.2) is 0 Å². The van der Waals surface area contributed by atoms with Crippen LogP contribution < -0.4 is 5.32 Å². The van der Waals surface area contributed by atoms with E-state index in [1.807, 2.05) is 0 Å². The third-order valence-corrected chi connectivity index (χ3v) is 2.83. The van der Waals surface area contributed by atoms with Crippen LogP contribution in [0.3, 0.4) is 0 Å². The van der Waals surface area contributed by atoms with E-state index in [-0.39, 0.29) is 0 Å². The summed E-state index contributed by atoms with van der Waals surface area (Å²) in [5.41, 5.74) is -0.523. The van der Waals surface area contributed by atoms with Crippen LogP contribution in [0.25, 0.3) is 0 Å². The Labute approximate surface area is 86.8 Å². The average molecular weight is 201 g/mol. The van der Waals surface area contributed by atoms with Crippen LogP contribution >= 0.6 is 0 Å². The standard InChI is InChI=1S/C11H23NO2/c1-2-12-8-9-14-10-11(13)6-4-3-5-7-11/h12-13H,2-10H2,1H3. The zero-order chi connectivity index (χ0) is 10.3. The van der Waals surface area contributed by atoms with Crippen molar-refractivity contribution in [2.45, 2.75) is 44.6 Å². The summed E-state index contributed by atoms with van der Waals surface area (Å²) in [6, 6.07) is 0. The van der Waals surface area contributed by atoms with Crippen LogP contribution in [0.1, 0.15) is 39.0 Å². The summed E-state index contributed by atoms with van der Waals surface area (Å²) in [4.78, 5) is 0. The third-order valence-electron chi connectivity index (χ3n) is 2.83. The summed E-state index contributed by atoms with van der Waals surface area (Å²) in [6.45, 7) is 5.16. The highest BCUT2D eigenvalue weighted by Gasteiger charge is 2.28. The molecular formula is C11H23NO2. The van der Waals surface area contributed by atoms with Crippen molar-refractivity contribution in [3.8, 4) is 0 Å². The van der Waals surface area contributed by atoms with Gasteiger partial charge in [-0.05, 0) is 19.4 Å². The van der Waals surface area contributed by atoms with Gasteiger partial charge in [0, 0.05) is 6.54 Å². The number of nitrogens with one attached hydrogen (secondary N) is 1. The van der Waals surface area contributed by atoms with E-state index in [1.54, 1.807) is 0 Å². The molecule has 0 aromatic rings. The van der Waals surface area contributed by atoms with Crippen molar-refractivity contribution in [3.05, 3.63) is 0 Å². The smallest absolute Gasteiger partial charge is 0.0880 e. The van der Waals surface area contributed by atoms with Crippen LogP contribution in [0.5, 0.6) is 0 Å². The van der Waals surface area contributed by atoms with Gasteiger partial charge in [0.05, 0.1) is 18.8 Å². The minimum absolute atomic E-state index is 0.512. The highest BCUT2D eigenvalue weighted by molar-refractivity contribution is 4.81. The lowest BCUT2D eigenvalue weighted by Gasteiger charge is -2.31. The quantitative estimate of drug-likeness (QED) is 0.637. The Kier molecular flexibility index (Phi) is 5.45. The van der Waals surface area contributed by atoms with E-state index in [4.69, 9.17) is 4.74 Å². The number of likely N-dealkylation sites (N-methyl/N-ethyl adjacent to an activating group) is 1. The number of hydrogen-bond donors (Lipinski definition) is 2. The molecule has 1 rings (SSSR count). The largest absolute Gasteiger partial charge is 0.387 e. The van der Waals surface area contributed by atoms with Gasteiger partial charge < -0.3 is 15.2 Å². The normalized spacial score (nSPS) is 21.0. The maximum atomic E-state index is 10.1. The average Bonchev–Trinajstić information content (AvgIpc) is 2.18. The molecule has 0 atom stereocenters. The first kappa shape index (κ1) is 12.0. The molecule has 0 aromatic carbocycles. The van der Waals surface area contributed by atoms with Gasteiger partial charge in [0.2, 0.25) is 0 Å². The summed E-state index contributed by atoms with van der Waals surface area (Å²) in [7, 11) is 0. The molecule has 0 heterocycles. The summed E-state index contributed by atoms with van der Waals surface area (Å²) >= 11 is 0. The Morgan fingerprint density at radius 2 is 2.00 bits per heavy atom. The lowest BCUT2D eigenvalue weighted by molar-refractivity contribution is -0.0674. The van der Waals surface area contributed by atoms with Gasteiger partial charge in [-0.1, -0.05) is 26.2 Å². The van der Waals surface area contributed by atoms with Gasteiger partial charge in [-0.15, -0.1) is 0 Å². The molecule has 84 valence electrons. The maximum absolute atomic E-state index is 10.1. The van der Waals surface area contributed by atoms with Crippen molar-refractivity contribution in [2.75, 3.05) is 26.3 Å². The zero-order valence-electron chi connectivity index (χ0n) is 9.22. The van der Waals surface area contributed by atoms with Crippen molar-refractivity contribution < 1.29 is 9.84 Å². The van der Waals surface area contributed by atoms with Crippen molar-refractivity contribution in [3.63, 3.8) is 0 Å². The van der Waals surface area contributed by atoms with Crippen LogP contribution in [0.2, 0.25) is 0 Å². The minimum Gasteiger partial charge on any atom is -0.387 e. The first-order valence-electron chi connectivity index (χ1n) is 5.78. The monoisotopic (exact) mass is 201 g/mol. The fourth-order valence-corrected chi connectivity index (χ4v) is 1.94. The first-order chi connectivity index (χ1) is 6.77. The molecule has 1 aliphatic rings. The van der Waals surface area contributed by atoms with E-state index < -0.39 is 5.60 Å². The minimum atomic E-state index is -0.523. The molecule has 14 heavy (non-hydrogen) atoms. The highest BCUT2D eigenvalue weighted by Crippen LogP contribution is 2.27. The molecule has 1 fully saturated rings. The lowest BCUT2D eigenvalue weighted by atomic mass is 9.86. The molecule has 0 amide bonds. The fourth-order valence-electron chi connectivity index (χ4n) is 1.94. The van der Waals surface area contributed by atoms with Crippen LogP contribution in [0.4, 0.5) is 0 Å². The number of aliphatic hydroxyl groups is 1. The summed E-state index contributed by atoms with van der Waals surface area (Å²) in [6.07, 6.45) is 5.38. The number of ether oxygens (including phenoxy) is 1. The van der Waals surface area contributed by atoms with Crippen LogP contribution in [0, 0.1) is 0 Å². The molecule has 0 radical (unpaired) electrons. The van der Waals surface area contributed by atoms with Crippen LogP contribution in [0.15, 0.2) is 0 Å². The van der Waals surface area contributed by atoms with Gasteiger partial charge in [0.25, 0.3) is 0 Å². The van der Waals surface area contributed by atoms with Gasteiger partial charge in [-0.2, -0.15) is 0 Å². The molecule has 2 N–H and O–H groups in total. The van der Waals surface area contributed by atoms with E-state index in [0.29, 0.717) is 13.2 Å². The maximum Gasteiger partial charge on any atom is 0.0880 e. The van der Waals surface area contributed by atoms with Gasteiger partial charge in [0.15, 0.2) is 0 Å². The number of hydrogen-bond acceptors (Lipinski definition) is 3. The predicted molar refractivity (Wildman–Crippen MR) is 57.4 cm³/mol. The second-order valence-corrected chi connectivity index (χ2v) is 4.19. The first-order valence-corrected chi connectivity index (χ1v) is 5.78. The summed E-state index contributed by atoms with van der Waals surface area (Å²) < 4.78 is 5.47. The van der Waals surface area contributed by atoms with Crippen molar-refractivity contribution in [1.29, 1.82) is 0 Å². The molecule has 1 aliphatic carbocycles. The molecule has 1 saturated carbocycles. The SMILES string of the molecule is CCNCCOCC1(O)CCCCC1. The lowest BCUT2D eigenvalue weighted by Crippen LogP contribution is -2.37. The van der Waals surface area contributed by atoms with E-state index in [1.165, 1.54) is 6.42 Å². The van der Waals surface area contributed by atoms with E-state index >= 15 is 0 Å². The Bertz CT molecular complexity index is 144. The molecule has 0 saturated heterocycles. The molecule has 0 aliphatic heterocycles. The number of rotatable bonds is 6. The van der Waals surface area contributed by atoms with E-state index in [2.05, 4.69) is 12.2 Å². The van der Waals surface area contributed by atoms with Gasteiger partial charge in [0.1, 0.15) is 0 Å².